The van der Waals surface area contributed by atoms with Gasteiger partial charge >= 0.3 is 0 Å². The predicted molar refractivity (Wildman–Crippen MR) is 53.0 cm³/mol. The van der Waals surface area contributed by atoms with Crippen LogP contribution in [-0.4, -0.2) is 5.54 Å². The van der Waals surface area contributed by atoms with Crippen molar-refractivity contribution in [3.63, 3.8) is 0 Å². The molecule has 0 aliphatic rings. The van der Waals surface area contributed by atoms with Crippen LogP contribution in [0.1, 0.15) is 25.8 Å². The summed E-state index contributed by atoms with van der Waals surface area (Å²) >= 11 is 0. The Morgan fingerprint density at radius 1 is 1.23 bits per heavy atom. The highest BCUT2D eigenvalue weighted by molar-refractivity contribution is 5.16. The van der Waals surface area contributed by atoms with E-state index in [-0.39, 0.29) is 11.4 Å². The third kappa shape index (κ3) is 4.04. The fourth-order valence-corrected chi connectivity index (χ4v) is 1.12. The van der Waals surface area contributed by atoms with E-state index in [0.717, 1.165) is 18.4 Å². The number of rotatable bonds is 3. The van der Waals surface area contributed by atoms with Crippen molar-refractivity contribution in [3.05, 3.63) is 35.6 Å². The third-order valence-electron chi connectivity index (χ3n) is 1.97. The van der Waals surface area contributed by atoms with Crippen LogP contribution in [0.3, 0.4) is 0 Å². The number of hydrogen-bond acceptors (Lipinski definition) is 1. The summed E-state index contributed by atoms with van der Waals surface area (Å²) in [4.78, 5) is 0. The maximum Gasteiger partial charge on any atom is 0.123 e. The summed E-state index contributed by atoms with van der Waals surface area (Å²) in [5.74, 6) is -0.184. The molecule has 0 atom stereocenters. The molecule has 13 heavy (non-hydrogen) atoms. The van der Waals surface area contributed by atoms with Gasteiger partial charge in [-0.25, -0.2) is 4.39 Å². The molecule has 0 amide bonds. The van der Waals surface area contributed by atoms with Crippen molar-refractivity contribution in [2.75, 3.05) is 0 Å². The molecular weight excluding hydrogens is 165 g/mol. The molecule has 0 aliphatic heterocycles. The Hall–Kier alpha value is -0.890. The lowest BCUT2D eigenvalue weighted by Gasteiger charge is -2.17. The molecule has 1 aromatic carbocycles. The van der Waals surface area contributed by atoms with Gasteiger partial charge in [0.1, 0.15) is 5.82 Å². The van der Waals surface area contributed by atoms with Crippen LogP contribution in [-0.2, 0) is 6.42 Å². The van der Waals surface area contributed by atoms with Crippen LogP contribution in [0.5, 0.6) is 0 Å². The first-order valence-corrected chi connectivity index (χ1v) is 4.51. The summed E-state index contributed by atoms with van der Waals surface area (Å²) < 4.78 is 12.5. The SMILES string of the molecule is CC(C)(N)CCc1ccc(F)cc1. The summed E-state index contributed by atoms with van der Waals surface area (Å²) in [5, 5.41) is 0. The molecule has 1 aromatic rings. The first kappa shape index (κ1) is 10.2. The van der Waals surface area contributed by atoms with Gasteiger partial charge in [0.25, 0.3) is 0 Å². The van der Waals surface area contributed by atoms with E-state index in [0.29, 0.717) is 0 Å². The number of aryl methyl sites for hydroxylation is 1. The van der Waals surface area contributed by atoms with E-state index in [1.54, 1.807) is 12.1 Å². The zero-order valence-corrected chi connectivity index (χ0v) is 8.18. The summed E-state index contributed by atoms with van der Waals surface area (Å²) in [6, 6.07) is 6.58. The average Bonchev–Trinajstić information content (AvgIpc) is 2.02. The molecule has 0 saturated heterocycles. The van der Waals surface area contributed by atoms with Crippen LogP contribution in [0, 0.1) is 5.82 Å². The molecule has 2 N–H and O–H groups in total. The van der Waals surface area contributed by atoms with E-state index < -0.39 is 0 Å². The van der Waals surface area contributed by atoms with Crippen molar-refractivity contribution in [1.82, 2.24) is 0 Å². The summed E-state index contributed by atoms with van der Waals surface area (Å²) in [6.07, 6.45) is 1.82. The van der Waals surface area contributed by atoms with Gasteiger partial charge in [-0.05, 0) is 44.4 Å². The predicted octanol–water partition coefficient (Wildman–Crippen LogP) is 2.50. The highest BCUT2D eigenvalue weighted by Crippen LogP contribution is 2.11. The van der Waals surface area contributed by atoms with Crippen LogP contribution in [0.25, 0.3) is 0 Å². The van der Waals surface area contributed by atoms with Crippen molar-refractivity contribution in [3.8, 4) is 0 Å². The quantitative estimate of drug-likeness (QED) is 0.761. The molecule has 0 saturated carbocycles. The lowest BCUT2D eigenvalue weighted by molar-refractivity contribution is 0.476. The minimum atomic E-state index is -0.184. The van der Waals surface area contributed by atoms with Crippen LogP contribution in [0.15, 0.2) is 24.3 Å². The van der Waals surface area contributed by atoms with Gasteiger partial charge in [-0.3, -0.25) is 0 Å². The molecule has 0 bridgehead atoms. The molecule has 1 nitrogen and oxygen atoms in total. The topological polar surface area (TPSA) is 26.0 Å². The van der Waals surface area contributed by atoms with Gasteiger partial charge in [0.05, 0.1) is 0 Å². The number of nitrogens with two attached hydrogens (primary N) is 1. The van der Waals surface area contributed by atoms with E-state index in [2.05, 4.69) is 0 Å². The summed E-state index contributed by atoms with van der Waals surface area (Å²) in [6.45, 7) is 3.99. The number of benzene rings is 1. The Morgan fingerprint density at radius 2 is 1.77 bits per heavy atom. The van der Waals surface area contributed by atoms with Gasteiger partial charge in [0, 0.05) is 5.54 Å². The van der Waals surface area contributed by atoms with Gasteiger partial charge in [0.15, 0.2) is 0 Å². The summed E-state index contributed by atoms with van der Waals surface area (Å²) in [7, 11) is 0. The first-order valence-electron chi connectivity index (χ1n) is 4.51. The zero-order valence-electron chi connectivity index (χ0n) is 8.18. The Balaban J connectivity index is 2.51. The second-order valence-electron chi connectivity index (χ2n) is 4.12. The van der Waals surface area contributed by atoms with Crippen molar-refractivity contribution in [2.45, 2.75) is 32.2 Å². The minimum Gasteiger partial charge on any atom is -0.326 e. The van der Waals surface area contributed by atoms with Gasteiger partial charge in [-0.15, -0.1) is 0 Å². The van der Waals surface area contributed by atoms with Crippen molar-refractivity contribution >= 4 is 0 Å². The van der Waals surface area contributed by atoms with Crippen LogP contribution in [0.4, 0.5) is 4.39 Å². The second-order valence-corrected chi connectivity index (χ2v) is 4.12. The molecule has 1 rings (SSSR count). The molecular formula is C11H16FN. The van der Waals surface area contributed by atoms with Crippen molar-refractivity contribution in [2.24, 2.45) is 5.73 Å². The highest BCUT2D eigenvalue weighted by atomic mass is 19.1. The van der Waals surface area contributed by atoms with Crippen LogP contribution in [0.2, 0.25) is 0 Å². The Bertz CT molecular complexity index is 258. The van der Waals surface area contributed by atoms with E-state index in [1.165, 1.54) is 12.1 Å². The monoisotopic (exact) mass is 181 g/mol. The average molecular weight is 181 g/mol. The molecule has 72 valence electrons. The molecule has 0 heterocycles. The highest BCUT2D eigenvalue weighted by Gasteiger charge is 2.09. The number of hydrogen-bond donors (Lipinski definition) is 1. The maximum atomic E-state index is 12.5. The normalized spacial score (nSPS) is 11.7. The first-order chi connectivity index (χ1) is 5.97. The van der Waals surface area contributed by atoms with Gasteiger partial charge in [-0.2, -0.15) is 0 Å². The second kappa shape index (κ2) is 3.88. The fraction of sp³-hybridized carbons (Fsp3) is 0.455. The summed E-state index contributed by atoms with van der Waals surface area (Å²) in [5.41, 5.74) is 6.83. The Labute approximate surface area is 78.8 Å². The van der Waals surface area contributed by atoms with Gasteiger partial charge in [-0.1, -0.05) is 12.1 Å². The molecule has 0 radical (unpaired) electrons. The Kier molecular flexibility index (Phi) is 3.04. The zero-order chi connectivity index (χ0) is 9.90. The fourth-order valence-electron chi connectivity index (χ4n) is 1.12. The van der Waals surface area contributed by atoms with Crippen molar-refractivity contribution < 1.29 is 4.39 Å². The maximum absolute atomic E-state index is 12.5. The van der Waals surface area contributed by atoms with Gasteiger partial charge in [0.2, 0.25) is 0 Å². The molecule has 0 spiro atoms. The van der Waals surface area contributed by atoms with Gasteiger partial charge < -0.3 is 5.73 Å². The molecule has 0 aliphatic carbocycles. The van der Waals surface area contributed by atoms with E-state index >= 15 is 0 Å². The minimum absolute atomic E-state index is 0.144. The standard InChI is InChI=1S/C11H16FN/c1-11(2,13)8-7-9-3-5-10(12)6-4-9/h3-6H,7-8,13H2,1-2H3. The van der Waals surface area contributed by atoms with E-state index in [4.69, 9.17) is 5.73 Å². The van der Waals surface area contributed by atoms with Crippen LogP contribution < -0.4 is 5.73 Å². The molecule has 0 fully saturated rings. The lowest BCUT2D eigenvalue weighted by atomic mass is 9.97. The number of halogens is 1. The molecule has 0 aromatic heterocycles. The molecule has 0 unspecified atom stereocenters. The van der Waals surface area contributed by atoms with Crippen molar-refractivity contribution in [1.29, 1.82) is 0 Å². The van der Waals surface area contributed by atoms with Crippen LogP contribution >= 0.6 is 0 Å². The molecule has 2 heteroatoms. The smallest absolute Gasteiger partial charge is 0.123 e. The van der Waals surface area contributed by atoms with E-state index in [1.807, 2.05) is 13.8 Å². The largest absolute Gasteiger partial charge is 0.326 e. The Morgan fingerprint density at radius 3 is 2.23 bits per heavy atom. The van der Waals surface area contributed by atoms with E-state index in [9.17, 15) is 4.39 Å². The lowest BCUT2D eigenvalue weighted by Crippen LogP contribution is -2.32. The third-order valence-corrected chi connectivity index (χ3v) is 1.97.